The zero-order valence-electron chi connectivity index (χ0n) is 17.8. The predicted octanol–water partition coefficient (Wildman–Crippen LogP) is 4.60. The minimum atomic E-state index is -3.67. The lowest BCUT2D eigenvalue weighted by atomic mass is 9.70. The maximum absolute atomic E-state index is 15.2. The molecule has 1 heterocycles. The Kier molecular flexibility index (Phi) is 6.41. The summed E-state index contributed by atoms with van der Waals surface area (Å²) in [5.41, 5.74) is -0.976. The van der Waals surface area contributed by atoms with Crippen LogP contribution >= 0.6 is 0 Å². The molecule has 1 saturated heterocycles. The van der Waals surface area contributed by atoms with E-state index in [9.17, 15) is 4.79 Å². The normalized spacial score (nSPS) is 19.4. The molecule has 4 nitrogen and oxygen atoms in total. The quantitative estimate of drug-likeness (QED) is 0.664. The lowest BCUT2D eigenvalue weighted by Crippen LogP contribution is -2.45. The van der Waals surface area contributed by atoms with Crippen molar-refractivity contribution in [3.8, 4) is 0 Å². The van der Waals surface area contributed by atoms with E-state index in [1.54, 1.807) is 44.2 Å². The van der Waals surface area contributed by atoms with Crippen LogP contribution in [-0.4, -0.2) is 48.1 Å². The first-order valence-corrected chi connectivity index (χ1v) is 9.68. The van der Waals surface area contributed by atoms with Crippen LogP contribution in [0, 0.1) is 0 Å². The average molecular weight is 393 g/mol. The van der Waals surface area contributed by atoms with Gasteiger partial charge in [-0.25, -0.2) is 0 Å². The Morgan fingerprint density at radius 3 is 1.93 bits per heavy atom. The molecule has 1 aromatic carbocycles. The van der Waals surface area contributed by atoms with Crippen molar-refractivity contribution in [2.75, 3.05) is 13.1 Å². The molecule has 0 saturated carbocycles. The van der Waals surface area contributed by atoms with Crippen LogP contribution in [0.3, 0.4) is 0 Å². The highest BCUT2D eigenvalue weighted by molar-refractivity contribution is 6.69. The summed E-state index contributed by atoms with van der Waals surface area (Å²) in [5, 5.41) is 0. The highest BCUT2D eigenvalue weighted by Crippen LogP contribution is 2.43. The van der Waals surface area contributed by atoms with Crippen molar-refractivity contribution in [1.29, 1.82) is 0 Å². The lowest BCUT2D eigenvalue weighted by Gasteiger charge is -2.32. The molecule has 0 radical (unpaired) electrons. The predicted molar refractivity (Wildman–Crippen MR) is 108 cm³/mol. The number of rotatable bonds is 6. The monoisotopic (exact) mass is 393 g/mol. The van der Waals surface area contributed by atoms with Gasteiger partial charge >= 0.3 is 13.0 Å². The van der Waals surface area contributed by atoms with Gasteiger partial charge in [-0.2, -0.15) is 8.78 Å². The first-order valence-electron chi connectivity index (χ1n) is 9.68. The second-order valence-electron chi connectivity index (χ2n) is 8.04. The topological polar surface area (TPSA) is 38.8 Å². The SMILES string of the molecule is CCN(CC)C(=O)C(F)(F)/C(C)=C(/B1OC(C)(C)C(C)(C)O1)c1ccccc1. The molecule has 0 spiro atoms. The van der Waals surface area contributed by atoms with E-state index in [0.717, 1.165) is 4.90 Å². The molecule has 0 unspecified atom stereocenters. The molecule has 1 aromatic rings. The van der Waals surface area contributed by atoms with E-state index in [4.69, 9.17) is 9.31 Å². The average Bonchev–Trinajstić information content (AvgIpc) is 2.84. The van der Waals surface area contributed by atoms with Crippen LogP contribution < -0.4 is 0 Å². The van der Waals surface area contributed by atoms with Gasteiger partial charge in [-0.3, -0.25) is 4.79 Å². The van der Waals surface area contributed by atoms with Crippen molar-refractivity contribution >= 4 is 18.5 Å². The summed E-state index contributed by atoms with van der Waals surface area (Å²) in [6, 6.07) is 8.78. The smallest absolute Gasteiger partial charge is 0.399 e. The van der Waals surface area contributed by atoms with Gasteiger partial charge in [0.2, 0.25) is 0 Å². The molecule has 7 heteroatoms. The number of amides is 1. The van der Waals surface area contributed by atoms with Gasteiger partial charge in [-0.1, -0.05) is 30.3 Å². The minimum absolute atomic E-state index is 0.199. The van der Waals surface area contributed by atoms with Gasteiger partial charge in [0.15, 0.2) is 0 Å². The molecule has 1 fully saturated rings. The highest BCUT2D eigenvalue weighted by Gasteiger charge is 2.55. The molecule has 1 aliphatic heterocycles. The van der Waals surface area contributed by atoms with Crippen molar-refractivity contribution < 1.29 is 22.9 Å². The molecular weight excluding hydrogens is 363 g/mol. The maximum Gasteiger partial charge on any atom is 0.495 e. The van der Waals surface area contributed by atoms with Crippen molar-refractivity contribution in [3.63, 3.8) is 0 Å². The van der Waals surface area contributed by atoms with Crippen LogP contribution in [0.4, 0.5) is 8.78 Å². The number of halogens is 2. The minimum Gasteiger partial charge on any atom is -0.399 e. The van der Waals surface area contributed by atoms with E-state index in [0.29, 0.717) is 5.56 Å². The van der Waals surface area contributed by atoms with E-state index < -0.39 is 30.2 Å². The van der Waals surface area contributed by atoms with Crippen molar-refractivity contribution in [2.24, 2.45) is 0 Å². The van der Waals surface area contributed by atoms with Gasteiger partial charge in [-0.15, -0.1) is 0 Å². The molecular formula is C21H30BF2NO3. The molecule has 0 aromatic heterocycles. The zero-order chi connectivity index (χ0) is 21.3. The Morgan fingerprint density at radius 1 is 1.04 bits per heavy atom. The molecule has 1 aliphatic rings. The molecule has 2 rings (SSSR count). The summed E-state index contributed by atoms with van der Waals surface area (Å²) in [4.78, 5) is 13.7. The third-order valence-electron chi connectivity index (χ3n) is 5.77. The lowest BCUT2D eigenvalue weighted by molar-refractivity contribution is -0.151. The second kappa shape index (κ2) is 7.95. The van der Waals surface area contributed by atoms with Gasteiger partial charge in [0, 0.05) is 18.7 Å². The second-order valence-corrected chi connectivity index (χ2v) is 8.04. The molecule has 154 valence electrons. The number of nitrogens with zero attached hydrogens (tertiary/aromatic N) is 1. The van der Waals surface area contributed by atoms with Crippen LogP contribution in [-0.2, 0) is 14.1 Å². The summed E-state index contributed by atoms with van der Waals surface area (Å²) in [6.45, 7) is 12.5. The number of alkyl halides is 2. The van der Waals surface area contributed by atoms with Gasteiger partial charge in [-0.05, 0) is 59.5 Å². The largest absolute Gasteiger partial charge is 0.495 e. The standard InChI is InChI=1S/C21H30BF2NO3/c1-8-25(9-2)18(26)21(23,24)15(3)17(16-13-11-10-12-14-16)22-27-19(4,5)20(6,7)28-22/h10-14H,8-9H2,1-7H3/b17-15+. The number of hydrogen-bond donors (Lipinski definition) is 0. The summed E-state index contributed by atoms with van der Waals surface area (Å²) < 4.78 is 42.6. The third-order valence-corrected chi connectivity index (χ3v) is 5.77. The fourth-order valence-corrected chi connectivity index (χ4v) is 3.15. The number of benzene rings is 1. The first kappa shape index (κ1) is 22.6. The number of carbonyl (C=O) groups is 1. The molecule has 0 N–H and O–H groups in total. The molecule has 28 heavy (non-hydrogen) atoms. The summed E-state index contributed by atoms with van der Waals surface area (Å²) in [6.07, 6.45) is 0. The molecule has 0 atom stereocenters. The van der Waals surface area contributed by atoms with Crippen LogP contribution in [0.2, 0.25) is 0 Å². The fraction of sp³-hybridized carbons (Fsp3) is 0.571. The Hall–Kier alpha value is -1.73. The zero-order valence-corrected chi connectivity index (χ0v) is 17.8. The van der Waals surface area contributed by atoms with Gasteiger partial charge in [0.05, 0.1) is 11.2 Å². The van der Waals surface area contributed by atoms with E-state index in [1.807, 2.05) is 27.7 Å². The summed E-state index contributed by atoms with van der Waals surface area (Å²) in [7, 11) is -0.997. The van der Waals surface area contributed by atoms with Gasteiger partial charge in [0.1, 0.15) is 0 Å². The highest BCUT2D eigenvalue weighted by atomic mass is 19.3. The summed E-state index contributed by atoms with van der Waals surface area (Å²) in [5.74, 6) is -4.87. The number of hydrogen-bond acceptors (Lipinski definition) is 3. The Bertz CT molecular complexity index is 727. The number of carbonyl (C=O) groups excluding carboxylic acids is 1. The summed E-state index contributed by atoms with van der Waals surface area (Å²) >= 11 is 0. The van der Waals surface area contributed by atoms with Crippen molar-refractivity contribution in [1.82, 2.24) is 4.90 Å². The van der Waals surface area contributed by atoms with Crippen molar-refractivity contribution in [2.45, 2.75) is 65.6 Å². The van der Waals surface area contributed by atoms with Gasteiger partial charge < -0.3 is 14.2 Å². The van der Waals surface area contributed by atoms with Crippen LogP contribution in [0.5, 0.6) is 0 Å². The molecule has 0 bridgehead atoms. The third kappa shape index (κ3) is 4.01. The van der Waals surface area contributed by atoms with Gasteiger partial charge in [0.25, 0.3) is 5.91 Å². The van der Waals surface area contributed by atoms with Crippen LogP contribution in [0.1, 0.15) is 54.0 Å². The maximum atomic E-state index is 15.2. The van der Waals surface area contributed by atoms with Crippen LogP contribution in [0.25, 0.3) is 5.47 Å². The van der Waals surface area contributed by atoms with E-state index >= 15 is 8.78 Å². The Morgan fingerprint density at radius 2 is 1.50 bits per heavy atom. The Balaban J connectivity index is 2.60. The van der Waals surface area contributed by atoms with E-state index in [2.05, 4.69) is 0 Å². The Labute approximate surface area is 167 Å². The van der Waals surface area contributed by atoms with E-state index in [-0.39, 0.29) is 24.1 Å². The van der Waals surface area contributed by atoms with E-state index in [1.165, 1.54) is 6.92 Å². The molecule has 1 amide bonds. The fourth-order valence-electron chi connectivity index (χ4n) is 3.15. The molecule has 0 aliphatic carbocycles. The van der Waals surface area contributed by atoms with Crippen LogP contribution in [0.15, 0.2) is 35.9 Å². The first-order chi connectivity index (χ1) is 12.9. The van der Waals surface area contributed by atoms with Crippen molar-refractivity contribution in [3.05, 3.63) is 41.5 Å².